The van der Waals surface area contributed by atoms with Gasteiger partial charge in [0.25, 0.3) is 0 Å². The number of hydrogen-bond acceptors (Lipinski definition) is 1. The summed E-state index contributed by atoms with van der Waals surface area (Å²) in [5.74, 6) is 0. The monoisotopic (exact) mass is 332 g/mol. The van der Waals surface area contributed by atoms with Crippen LogP contribution in [0.1, 0.15) is 11.3 Å². The Labute approximate surface area is 104 Å². The second-order valence-corrected chi connectivity index (χ2v) is 4.14. The zero-order valence-electron chi connectivity index (χ0n) is 8.27. The van der Waals surface area contributed by atoms with E-state index in [1.165, 1.54) is 0 Å². The van der Waals surface area contributed by atoms with Crippen molar-refractivity contribution >= 4 is 21.6 Å². The fourth-order valence-corrected chi connectivity index (χ4v) is 1.98. The van der Waals surface area contributed by atoms with Crippen molar-refractivity contribution in [1.82, 2.24) is 9.38 Å². The highest BCUT2D eigenvalue weighted by molar-refractivity contribution is 9.10. The molecular formula is C9H3BrF6N2. The Morgan fingerprint density at radius 1 is 1.06 bits per heavy atom. The molecule has 18 heavy (non-hydrogen) atoms. The van der Waals surface area contributed by atoms with Crippen LogP contribution in [0.5, 0.6) is 0 Å². The molecule has 0 unspecified atom stereocenters. The van der Waals surface area contributed by atoms with Crippen LogP contribution in [0.15, 0.2) is 22.9 Å². The molecule has 9 heteroatoms. The molecule has 0 spiro atoms. The molecule has 98 valence electrons. The van der Waals surface area contributed by atoms with Crippen LogP contribution in [0.25, 0.3) is 5.65 Å². The van der Waals surface area contributed by atoms with Crippen molar-refractivity contribution in [3.63, 3.8) is 0 Å². The largest absolute Gasteiger partial charge is 0.436 e. The van der Waals surface area contributed by atoms with E-state index in [1.807, 2.05) is 0 Å². The number of pyridine rings is 1. The van der Waals surface area contributed by atoms with Crippen molar-refractivity contribution in [3.8, 4) is 0 Å². The lowest BCUT2D eigenvalue weighted by Crippen LogP contribution is -2.06. The molecule has 0 saturated heterocycles. The predicted octanol–water partition coefficient (Wildman–Crippen LogP) is 4.13. The third kappa shape index (κ3) is 2.18. The first-order valence-corrected chi connectivity index (χ1v) is 5.22. The van der Waals surface area contributed by atoms with Crippen molar-refractivity contribution < 1.29 is 26.3 Å². The zero-order valence-corrected chi connectivity index (χ0v) is 9.86. The number of rotatable bonds is 0. The zero-order chi connectivity index (χ0) is 13.7. The van der Waals surface area contributed by atoms with E-state index in [9.17, 15) is 26.3 Å². The second kappa shape index (κ2) is 3.87. The molecule has 0 aliphatic heterocycles. The predicted molar refractivity (Wildman–Crippen MR) is 52.9 cm³/mol. The molecule has 2 rings (SSSR count). The normalized spacial score (nSPS) is 13.3. The van der Waals surface area contributed by atoms with Crippen molar-refractivity contribution in [3.05, 3.63) is 34.2 Å². The van der Waals surface area contributed by atoms with Crippen LogP contribution in [0, 0.1) is 0 Å². The molecule has 0 atom stereocenters. The van der Waals surface area contributed by atoms with E-state index in [-0.39, 0.29) is 0 Å². The maximum atomic E-state index is 12.5. The molecular weight excluding hydrogens is 330 g/mol. The second-order valence-electron chi connectivity index (χ2n) is 3.39. The first kappa shape index (κ1) is 13.2. The molecule has 0 saturated carbocycles. The Morgan fingerprint density at radius 3 is 2.17 bits per heavy atom. The van der Waals surface area contributed by atoms with Gasteiger partial charge in [0.2, 0.25) is 0 Å². The molecule has 2 heterocycles. The van der Waals surface area contributed by atoms with Crippen LogP contribution >= 0.6 is 15.9 Å². The minimum Gasteiger partial charge on any atom is -0.294 e. The smallest absolute Gasteiger partial charge is 0.294 e. The Balaban J connectivity index is 2.67. The highest BCUT2D eigenvalue weighted by Crippen LogP contribution is 2.36. The topological polar surface area (TPSA) is 17.3 Å². The molecule has 0 aliphatic rings. The number of halogens is 7. The van der Waals surface area contributed by atoms with Gasteiger partial charge in [-0.25, -0.2) is 4.98 Å². The van der Waals surface area contributed by atoms with Crippen LogP contribution < -0.4 is 0 Å². The van der Waals surface area contributed by atoms with Crippen molar-refractivity contribution in [2.45, 2.75) is 12.4 Å². The summed E-state index contributed by atoms with van der Waals surface area (Å²) in [5, 5.41) is 0. The van der Waals surface area contributed by atoms with Gasteiger partial charge in [0, 0.05) is 6.20 Å². The Bertz CT molecular complexity index is 597. The number of imidazole rings is 1. The number of fused-ring (bicyclic) bond motifs is 1. The molecule has 0 aliphatic carbocycles. The van der Waals surface area contributed by atoms with Gasteiger partial charge < -0.3 is 0 Å². The summed E-state index contributed by atoms with van der Waals surface area (Å²) in [7, 11) is 0. The Hall–Kier alpha value is -1.25. The molecule has 0 bridgehead atoms. The summed E-state index contributed by atoms with van der Waals surface area (Å²) in [4.78, 5) is 3.15. The number of aromatic nitrogens is 2. The van der Waals surface area contributed by atoms with E-state index in [4.69, 9.17) is 0 Å². The third-order valence-corrected chi connectivity index (χ3v) is 2.92. The van der Waals surface area contributed by atoms with Crippen LogP contribution in [0.4, 0.5) is 26.3 Å². The van der Waals surface area contributed by atoms with E-state index in [2.05, 4.69) is 20.9 Å². The third-order valence-electron chi connectivity index (χ3n) is 2.16. The first-order valence-electron chi connectivity index (χ1n) is 4.42. The lowest BCUT2D eigenvalue weighted by molar-refractivity contribution is -0.141. The summed E-state index contributed by atoms with van der Waals surface area (Å²) in [6.45, 7) is 0. The van der Waals surface area contributed by atoms with Crippen molar-refractivity contribution in [1.29, 1.82) is 0 Å². The van der Waals surface area contributed by atoms with Crippen LogP contribution in [-0.2, 0) is 12.4 Å². The molecule has 0 N–H and O–H groups in total. The molecule has 0 aromatic carbocycles. The van der Waals surface area contributed by atoms with Gasteiger partial charge in [-0.3, -0.25) is 4.40 Å². The van der Waals surface area contributed by atoms with E-state index < -0.39 is 33.9 Å². The highest BCUT2D eigenvalue weighted by Gasteiger charge is 2.38. The van der Waals surface area contributed by atoms with E-state index in [1.54, 1.807) is 0 Å². The molecule has 0 fully saturated rings. The van der Waals surface area contributed by atoms with Gasteiger partial charge >= 0.3 is 12.4 Å². The molecule has 2 aromatic rings. The lowest BCUT2D eigenvalue weighted by atomic mass is 10.2. The van der Waals surface area contributed by atoms with Crippen molar-refractivity contribution in [2.75, 3.05) is 0 Å². The Kier molecular flexibility index (Phi) is 2.84. The quantitative estimate of drug-likeness (QED) is 0.663. The molecule has 0 radical (unpaired) electrons. The first-order chi connectivity index (χ1) is 8.10. The summed E-state index contributed by atoms with van der Waals surface area (Å²) >= 11 is 2.66. The lowest BCUT2D eigenvalue weighted by Gasteiger charge is -2.06. The molecule has 0 amide bonds. The minimum absolute atomic E-state index is 0.427. The van der Waals surface area contributed by atoms with Gasteiger partial charge in [0.05, 0.1) is 5.56 Å². The van der Waals surface area contributed by atoms with Crippen LogP contribution in [-0.4, -0.2) is 9.38 Å². The van der Waals surface area contributed by atoms with Gasteiger partial charge in [0.15, 0.2) is 5.69 Å². The number of hydrogen-bond donors (Lipinski definition) is 0. The van der Waals surface area contributed by atoms with E-state index in [0.29, 0.717) is 12.1 Å². The van der Waals surface area contributed by atoms with Crippen LogP contribution in [0.3, 0.4) is 0 Å². The van der Waals surface area contributed by atoms with Crippen LogP contribution in [0.2, 0.25) is 0 Å². The van der Waals surface area contributed by atoms with Gasteiger partial charge in [0.1, 0.15) is 10.3 Å². The maximum absolute atomic E-state index is 12.5. The molecule has 2 aromatic heterocycles. The number of alkyl halides is 6. The van der Waals surface area contributed by atoms with E-state index >= 15 is 0 Å². The standard InChI is InChI=1S/C9H3BrF6N2/c10-7-6(9(14,15)16)17-5-3-4(8(11,12)13)1-2-18(5)7/h1-3H. The van der Waals surface area contributed by atoms with Gasteiger partial charge in [-0.1, -0.05) is 0 Å². The summed E-state index contributed by atoms with van der Waals surface area (Å²) in [6.07, 6.45) is -8.48. The highest BCUT2D eigenvalue weighted by atomic mass is 79.9. The average molecular weight is 333 g/mol. The van der Waals surface area contributed by atoms with Gasteiger partial charge in [-0.2, -0.15) is 26.3 Å². The summed E-state index contributed by atoms with van der Waals surface area (Å²) < 4.78 is 75.1. The fraction of sp³-hybridized carbons (Fsp3) is 0.222. The van der Waals surface area contributed by atoms with Crippen molar-refractivity contribution in [2.24, 2.45) is 0 Å². The molecule has 2 nitrogen and oxygen atoms in total. The summed E-state index contributed by atoms with van der Waals surface area (Å²) in [6, 6.07) is 1.24. The van der Waals surface area contributed by atoms with Gasteiger partial charge in [-0.15, -0.1) is 0 Å². The van der Waals surface area contributed by atoms with E-state index in [0.717, 1.165) is 10.6 Å². The maximum Gasteiger partial charge on any atom is 0.436 e. The minimum atomic E-state index is -4.73. The number of nitrogens with zero attached hydrogens (tertiary/aromatic N) is 2. The fourth-order valence-electron chi connectivity index (χ4n) is 1.37. The Morgan fingerprint density at radius 2 is 1.67 bits per heavy atom. The SMILES string of the molecule is FC(F)(F)c1ccn2c(Br)c(C(F)(F)F)nc2c1. The van der Waals surface area contributed by atoms with Gasteiger partial charge in [-0.05, 0) is 28.1 Å². The summed E-state index contributed by atoms with van der Waals surface area (Å²) in [5.41, 5.74) is -2.74. The average Bonchev–Trinajstić information content (AvgIpc) is 2.54.